The summed E-state index contributed by atoms with van der Waals surface area (Å²) in [4.78, 5) is 8.87. The fraction of sp³-hybridized carbons (Fsp3) is 0.692. The normalized spacial score (nSPS) is 11.4. The van der Waals surface area contributed by atoms with Crippen molar-refractivity contribution in [2.75, 3.05) is 36.7 Å². The molecule has 19 heavy (non-hydrogen) atoms. The Morgan fingerprint density at radius 1 is 1.16 bits per heavy atom. The summed E-state index contributed by atoms with van der Waals surface area (Å²) in [5.41, 5.74) is 0. The summed E-state index contributed by atoms with van der Waals surface area (Å²) in [5.74, 6) is 1.74. The van der Waals surface area contributed by atoms with Crippen molar-refractivity contribution in [2.45, 2.75) is 36.6 Å². The van der Waals surface area contributed by atoms with Gasteiger partial charge in [0.05, 0.1) is 0 Å². The van der Waals surface area contributed by atoms with E-state index in [0.717, 1.165) is 36.2 Å². The van der Waals surface area contributed by atoms with Crippen molar-refractivity contribution in [3.8, 4) is 0 Å². The summed E-state index contributed by atoms with van der Waals surface area (Å²) in [5, 5.41) is 7.32. The molecule has 0 amide bonds. The van der Waals surface area contributed by atoms with Gasteiger partial charge in [-0.05, 0) is 25.4 Å². The molecule has 108 valence electrons. The van der Waals surface area contributed by atoms with Gasteiger partial charge in [0.1, 0.15) is 11.6 Å². The predicted molar refractivity (Wildman–Crippen MR) is 88.7 cm³/mol. The predicted octanol–water partition coefficient (Wildman–Crippen LogP) is 3.57. The second-order valence-corrected chi connectivity index (χ2v) is 6.37. The Hall–Kier alpha value is -0.620. The van der Waals surface area contributed by atoms with E-state index in [0.29, 0.717) is 0 Å². The van der Waals surface area contributed by atoms with Crippen LogP contribution >= 0.6 is 23.5 Å². The second-order valence-electron chi connectivity index (χ2n) is 4.32. The van der Waals surface area contributed by atoms with Crippen molar-refractivity contribution in [1.29, 1.82) is 0 Å². The average Bonchev–Trinajstić information content (AvgIpc) is 2.48. The van der Waals surface area contributed by atoms with E-state index >= 15 is 0 Å². The number of anilines is 2. The maximum Gasteiger partial charge on any atom is 0.191 e. The van der Waals surface area contributed by atoms with Crippen LogP contribution in [0.15, 0.2) is 11.2 Å². The van der Waals surface area contributed by atoms with Crippen molar-refractivity contribution in [3.05, 3.63) is 6.07 Å². The first-order chi connectivity index (χ1) is 9.12. The van der Waals surface area contributed by atoms with Crippen molar-refractivity contribution >= 4 is 35.2 Å². The van der Waals surface area contributed by atoms with Crippen LogP contribution in [0.3, 0.4) is 0 Å². The van der Waals surface area contributed by atoms with Crippen LogP contribution in [-0.2, 0) is 0 Å². The third-order valence-electron chi connectivity index (χ3n) is 3.46. The maximum absolute atomic E-state index is 4.50. The lowest BCUT2D eigenvalue weighted by molar-refractivity contribution is 0.573. The second kappa shape index (κ2) is 7.85. The van der Waals surface area contributed by atoms with E-state index in [1.165, 1.54) is 0 Å². The number of rotatable bonds is 8. The van der Waals surface area contributed by atoms with E-state index < -0.39 is 0 Å². The number of thioether (sulfide) groups is 2. The lowest BCUT2D eigenvalue weighted by Gasteiger charge is -2.30. The van der Waals surface area contributed by atoms with E-state index in [2.05, 4.69) is 40.7 Å². The van der Waals surface area contributed by atoms with Crippen molar-refractivity contribution in [1.82, 2.24) is 9.97 Å². The first-order valence-corrected chi connectivity index (χ1v) is 8.97. The van der Waals surface area contributed by atoms with Crippen LogP contribution in [0.25, 0.3) is 0 Å². The molecule has 0 aromatic carbocycles. The van der Waals surface area contributed by atoms with E-state index in [9.17, 15) is 0 Å². The van der Waals surface area contributed by atoms with E-state index in [1.54, 1.807) is 11.8 Å². The highest BCUT2D eigenvalue weighted by atomic mass is 32.2. The van der Waals surface area contributed by atoms with Gasteiger partial charge in [-0.3, -0.25) is 0 Å². The first-order valence-electron chi connectivity index (χ1n) is 6.52. The highest BCUT2D eigenvalue weighted by Gasteiger charge is 2.24. The molecule has 0 atom stereocenters. The summed E-state index contributed by atoms with van der Waals surface area (Å²) in [6.07, 6.45) is 6.47. The molecule has 2 N–H and O–H groups in total. The third-order valence-corrected chi connectivity index (χ3v) is 5.59. The lowest BCUT2D eigenvalue weighted by Crippen LogP contribution is -2.32. The molecule has 0 saturated heterocycles. The molecule has 6 heteroatoms. The van der Waals surface area contributed by atoms with Crippen molar-refractivity contribution in [3.63, 3.8) is 0 Å². The molecule has 0 radical (unpaired) electrons. The van der Waals surface area contributed by atoms with Gasteiger partial charge in [0.25, 0.3) is 0 Å². The molecule has 1 heterocycles. The zero-order chi connectivity index (χ0) is 14.3. The van der Waals surface area contributed by atoms with E-state index in [-0.39, 0.29) is 4.75 Å². The Balaban J connectivity index is 2.81. The number of nitrogens with one attached hydrogen (secondary N) is 2. The maximum atomic E-state index is 4.50. The lowest BCUT2D eigenvalue weighted by atomic mass is 10.0. The molecule has 4 nitrogen and oxygen atoms in total. The minimum absolute atomic E-state index is 0.282. The van der Waals surface area contributed by atoms with Crippen LogP contribution in [-0.4, -0.2) is 40.8 Å². The molecule has 0 spiro atoms. The van der Waals surface area contributed by atoms with Crippen molar-refractivity contribution in [2.24, 2.45) is 0 Å². The summed E-state index contributed by atoms with van der Waals surface area (Å²) in [7, 11) is 1.88. The Labute approximate surface area is 125 Å². The molecule has 0 unspecified atom stereocenters. The zero-order valence-electron chi connectivity index (χ0n) is 12.4. The van der Waals surface area contributed by atoms with Crippen LogP contribution in [0.2, 0.25) is 0 Å². The molecule has 0 aliphatic rings. The van der Waals surface area contributed by atoms with Gasteiger partial charge >= 0.3 is 0 Å². The van der Waals surface area contributed by atoms with Crippen LogP contribution < -0.4 is 10.6 Å². The highest BCUT2D eigenvalue weighted by Crippen LogP contribution is 2.30. The average molecular weight is 300 g/mol. The molecule has 0 saturated carbocycles. The van der Waals surface area contributed by atoms with Gasteiger partial charge in [-0.25, -0.2) is 9.97 Å². The Kier molecular flexibility index (Phi) is 6.79. The molecule has 1 aromatic rings. The van der Waals surface area contributed by atoms with Gasteiger partial charge in [0.15, 0.2) is 5.16 Å². The van der Waals surface area contributed by atoms with Crippen LogP contribution in [0.5, 0.6) is 0 Å². The van der Waals surface area contributed by atoms with Crippen LogP contribution in [0, 0.1) is 0 Å². The molecule has 0 aliphatic heterocycles. The summed E-state index contributed by atoms with van der Waals surface area (Å²) >= 11 is 3.49. The SMILES string of the molecule is CCC(CC)(CNc1cc(NC)nc(SC)n1)SC. The Morgan fingerprint density at radius 3 is 2.26 bits per heavy atom. The highest BCUT2D eigenvalue weighted by molar-refractivity contribution is 8.00. The van der Waals surface area contributed by atoms with Gasteiger partial charge in [0, 0.05) is 24.4 Å². The quantitative estimate of drug-likeness (QED) is 0.565. The monoisotopic (exact) mass is 300 g/mol. The third kappa shape index (κ3) is 4.45. The van der Waals surface area contributed by atoms with Crippen LogP contribution in [0.1, 0.15) is 26.7 Å². The summed E-state index contributed by atoms with van der Waals surface area (Å²) in [6, 6.07) is 1.95. The Morgan fingerprint density at radius 2 is 1.79 bits per heavy atom. The number of aromatic nitrogens is 2. The molecule has 1 aromatic heterocycles. The molecule has 1 rings (SSSR count). The van der Waals surface area contributed by atoms with Gasteiger partial charge < -0.3 is 10.6 Å². The molecule has 0 aliphatic carbocycles. The van der Waals surface area contributed by atoms with E-state index in [1.807, 2.05) is 31.1 Å². The fourth-order valence-corrected chi connectivity index (χ4v) is 3.02. The minimum Gasteiger partial charge on any atom is -0.373 e. The molecule has 0 fully saturated rings. The summed E-state index contributed by atoms with van der Waals surface area (Å²) in [6.45, 7) is 5.41. The van der Waals surface area contributed by atoms with Gasteiger partial charge in [-0.2, -0.15) is 11.8 Å². The Bertz CT molecular complexity index is 364. The topological polar surface area (TPSA) is 49.8 Å². The number of nitrogens with zero attached hydrogens (tertiary/aromatic N) is 2. The standard InChI is InChI=1S/C13H24N4S2/c1-6-13(7-2,19-5)9-15-11-8-10(14-3)16-12(17-11)18-4/h8H,6-7,9H2,1-5H3,(H2,14,15,16,17). The van der Waals surface area contributed by atoms with Gasteiger partial charge in [-0.1, -0.05) is 25.6 Å². The van der Waals surface area contributed by atoms with E-state index in [4.69, 9.17) is 0 Å². The largest absolute Gasteiger partial charge is 0.373 e. The van der Waals surface area contributed by atoms with Gasteiger partial charge in [0.2, 0.25) is 0 Å². The van der Waals surface area contributed by atoms with Crippen LogP contribution in [0.4, 0.5) is 11.6 Å². The molecular weight excluding hydrogens is 276 g/mol. The molecule has 0 bridgehead atoms. The minimum atomic E-state index is 0.282. The first kappa shape index (κ1) is 16.4. The van der Waals surface area contributed by atoms with Gasteiger partial charge in [-0.15, -0.1) is 0 Å². The summed E-state index contributed by atoms with van der Waals surface area (Å²) < 4.78 is 0.282. The zero-order valence-corrected chi connectivity index (χ0v) is 14.0. The number of hydrogen-bond acceptors (Lipinski definition) is 6. The fourth-order valence-electron chi connectivity index (χ4n) is 1.85. The van der Waals surface area contributed by atoms with Crippen molar-refractivity contribution < 1.29 is 0 Å². The smallest absolute Gasteiger partial charge is 0.191 e. The number of hydrogen-bond donors (Lipinski definition) is 2. The molecular formula is C13H24N4S2.